The first-order chi connectivity index (χ1) is 7.18. The molecule has 15 heavy (non-hydrogen) atoms. The Morgan fingerprint density at radius 2 is 2.07 bits per heavy atom. The Morgan fingerprint density at radius 3 is 2.80 bits per heavy atom. The Balaban J connectivity index is 2.22. The maximum absolute atomic E-state index is 9.24. The van der Waals surface area contributed by atoms with Crippen LogP contribution in [0.4, 0.5) is 0 Å². The lowest BCUT2D eigenvalue weighted by Gasteiger charge is -2.08. The zero-order chi connectivity index (χ0) is 10.8. The molecule has 82 valence electrons. The van der Waals surface area contributed by atoms with Gasteiger partial charge in [0.15, 0.2) is 5.15 Å². The second kappa shape index (κ2) is 4.45. The molecule has 0 bridgehead atoms. The quantitative estimate of drug-likeness (QED) is 0.857. The van der Waals surface area contributed by atoms with Crippen LogP contribution in [-0.2, 0) is 19.3 Å². The third-order valence-corrected chi connectivity index (χ3v) is 3.18. The summed E-state index contributed by atoms with van der Waals surface area (Å²) in [7, 11) is 0. The minimum Gasteiger partial charge on any atom is -0.393 e. The SMILES string of the molecule is C[C@@H](O)CCc1nnc(Cl)c2c1CCC2. The third kappa shape index (κ3) is 2.29. The summed E-state index contributed by atoms with van der Waals surface area (Å²) in [6.45, 7) is 1.80. The molecule has 1 heterocycles. The van der Waals surface area contributed by atoms with Crippen LogP contribution in [0.3, 0.4) is 0 Å². The molecule has 4 heteroatoms. The topological polar surface area (TPSA) is 46.0 Å². The zero-order valence-corrected chi connectivity index (χ0v) is 9.59. The lowest BCUT2D eigenvalue weighted by Crippen LogP contribution is -2.06. The molecule has 0 fully saturated rings. The van der Waals surface area contributed by atoms with E-state index in [0.29, 0.717) is 5.15 Å². The fourth-order valence-electron chi connectivity index (χ4n) is 2.06. The van der Waals surface area contributed by atoms with Crippen molar-refractivity contribution in [2.24, 2.45) is 0 Å². The summed E-state index contributed by atoms with van der Waals surface area (Å²) in [5.74, 6) is 0. The highest BCUT2D eigenvalue weighted by molar-refractivity contribution is 6.30. The van der Waals surface area contributed by atoms with E-state index in [4.69, 9.17) is 11.6 Å². The van der Waals surface area contributed by atoms with Crippen molar-refractivity contribution in [1.82, 2.24) is 10.2 Å². The molecule has 3 nitrogen and oxygen atoms in total. The number of aliphatic hydroxyl groups excluding tert-OH is 1. The van der Waals surface area contributed by atoms with Crippen molar-refractivity contribution in [1.29, 1.82) is 0 Å². The molecule has 1 aromatic heterocycles. The Morgan fingerprint density at radius 1 is 1.33 bits per heavy atom. The second-order valence-corrected chi connectivity index (χ2v) is 4.49. The molecule has 1 aliphatic rings. The molecule has 0 aromatic carbocycles. The van der Waals surface area contributed by atoms with Crippen LogP contribution in [0.5, 0.6) is 0 Å². The Hall–Kier alpha value is -0.670. The monoisotopic (exact) mass is 226 g/mol. The first kappa shape index (κ1) is 10.8. The van der Waals surface area contributed by atoms with Crippen LogP contribution >= 0.6 is 11.6 Å². The van der Waals surface area contributed by atoms with E-state index in [1.165, 1.54) is 11.1 Å². The van der Waals surface area contributed by atoms with E-state index in [9.17, 15) is 5.11 Å². The summed E-state index contributed by atoms with van der Waals surface area (Å²) in [5.41, 5.74) is 3.47. The molecule has 0 amide bonds. The number of halogens is 1. The van der Waals surface area contributed by atoms with Gasteiger partial charge in [0.25, 0.3) is 0 Å². The minimum absolute atomic E-state index is 0.278. The summed E-state index contributed by atoms with van der Waals surface area (Å²) in [6.07, 6.45) is 4.47. The Bertz CT molecular complexity index is 366. The summed E-state index contributed by atoms with van der Waals surface area (Å²) in [4.78, 5) is 0. The average Bonchev–Trinajstić information content (AvgIpc) is 2.66. The van der Waals surface area contributed by atoms with Gasteiger partial charge in [0.2, 0.25) is 0 Å². The van der Waals surface area contributed by atoms with Gasteiger partial charge in [-0.05, 0) is 50.2 Å². The van der Waals surface area contributed by atoms with Crippen molar-refractivity contribution >= 4 is 11.6 Å². The molecule has 0 saturated heterocycles. The van der Waals surface area contributed by atoms with E-state index in [-0.39, 0.29) is 6.10 Å². The maximum Gasteiger partial charge on any atom is 0.155 e. The van der Waals surface area contributed by atoms with Crippen LogP contribution in [0.1, 0.15) is 36.6 Å². The van der Waals surface area contributed by atoms with Gasteiger partial charge in [-0.2, -0.15) is 5.10 Å². The van der Waals surface area contributed by atoms with Gasteiger partial charge in [0.05, 0.1) is 11.8 Å². The highest BCUT2D eigenvalue weighted by Gasteiger charge is 2.19. The number of aryl methyl sites for hydroxylation is 1. The number of aromatic nitrogens is 2. The highest BCUT2D eigenvalue weighted by Crippen LogP contribution is 2.29. The predicted molar refractivity (Wildman–Crippen MR) is 59.1 cm³/mol. The maximum atomic E-state index is 9.24. The number of rotatable bonds is 3. The molecule has 1 aromatic rings. The summed E-state index contributed by atoms with van der Waals surface area (Å²) in [6, 6.07) is 0. The Labute approximate surface area is 94.5 Å². The van der Waals surface area contributed by atoms with Crippen LogP contribution in [0.2, 0.25) is 5.15 Å². The molecule has 1 aliphatic carbocycles. The van der Waals surface area contributed by atoms with Gasteiger partial charge in [-0.1, -0.05) is 11.6 Å². The summed E-state index contributed by atoms with van der Waals surface area (Å²) >= 11 is 5.98. The predicted octanol–water partition coefficient (Wildman–Crippen LogP) is 1.93. The fraction of sp³-hybridized carbons (Fsp3) is 0.636. The van der Waals surface area contributed by atoms with Crippen molar-refractivity contribution in [3.63, 3.8) is 0 Å². The van der Waals surface area contributed by atoms with E-state index in [2.05, 4.69) is 10.2 Å². The van der Waals surface area contributed by atoms with Crippen LogP contribution in [-0.4, -0.2) is 21.4 Å². The molecule has 0 unspecified atom stereocenters. The normalized spacial score (nSPS) is 16.5. The van der Waals surface area contributed by atoms with Gasteiger partial charge in [-0.3, -0.25) is 0 Å². The van der Waals surface area contributed by atoms with Crippen molar-refractivity contribution in [2.75, 3.05) is 0 Å². The number of aliphatic hydroxyl groups is 1. The van der Waals surface area contributed by atoms with Gasteiger partial charge >= 0.3 is 0 Å². The average molecular weight is 227 g/mol. The van der Waals surface area contributed by atoms with E-state index in [1.807, 2.05) is 0 Å². The largest absolute Gasteiger partial charge is 0.393 e. The fourth-order valence-corrected chi connectivity index (χ4v) is 2.31. The van der Waals surface area contributed by atoms with Gasteiger partial charge in [0, 0.05) is 0 Å². The second-order valence-electron chi connectivity index (χ2n) is 4.14. The van der Waals surface area contributed by atoms with Gasteiger partial charge < -0.3 is 5.11 Å². The molecule has 2 rings (SSSR count). The van der Waals surface area contributed by atoms with Crippen LogP contribution in [0, 0.1) is 0 Å². The zero-order valence-electron chi connectivity index (χ0n) is 8.83. The molecule has 0 spiro atoms. The van der Waals surface area contributed by atoms with Gasteiger partial charge in [-0.15, -0.1) is 5.10 Å². The molecule has 0 radical (unpaired) electrons. The molecule has 0 saturated carbocycles. The molecule has 0 aliphatic heterocycles. The minimum atomic E-state index is -0.278. The van der Waals surface area contributed by atoms with Crippen LogP contribution < -0.4 is 0 Å². The van der Waals surface area contributed by atoms with Crippen molar-refractivity contribution < 1.29 is 5.11 Å². The molecular weight excluding hydrogens is 212 g/mol. The first-order valence-corrected chi connectivity index (χ1v) is 5.77. The summed E-state index contributed by atoms with van der Waals surface area (Å²) < 4.78 is 0. The van der Waals surface area contributed by atoms with E-state index in [0.717, 1.165) is 37.8 Å². The smallest absolute Gasteiger partial charge is 0.155 e. The number of hydrogen-bond acceptors (Lipinski definition) is 3. The van der Waals surface area contributed by atoms with Crippen molar-refractivity contribution in [3.05, 3.63) is 22.0 Å². The van der Waals surface area contributed by atoms with Crippen LogP contribution in [0.15, 0.2) is 0 Å². The summed E-state index contributed by atoms with van der Waals surface area (Å²) in [5, 5.41) is 17.9. The first-order valence-electron chi connectivity index (χ1n) is 5.39. The number of hydrogen-bond donors (Lipinski definition) is 1. The van der Waals surface area contributed by atoms with Crippen molar-refractivity contribution in [3.8, 4) is 0 Å². The van der Waals surface area contributed by atoms with Gasteiger partial charge in [0.1, 0.15) is 0 Å². The van der Waals surface area contributed by atoms with E-state index in [1.54, 1.807) is 6.92 Å². The lowest BCUT2D eigenvalue weighted by atomic mass is 10.1. The molecule has 1 N–H and O–H groups in total. The van der Waals surface area contributed by atoms with E-state index < -0.39 is 0 Å². The van der Waals surface area contributed by atoms with Gasteiger partial charge in [-0.25, -0.2) is 0 Å². The molecular formula is C11H15ClN2O. The van der Waals surface area contributed by atoms with E-state index >= 15 is 0 Å². The number of nitrogens with zero attached hydrogens (tertiary/aromatic N) is 2. The molecule has 1 atom stereocenters. The van der Waals surface area contributed by atoms with Crippen LogP contribution in [0.25, 0.3) is 0 Å². The van der Waals surface area contributed by atoms with Crippen molar-refractivity contribution in [2.45, 2.75) is 45.1 Å². The third-order valence-electron chi connectivity index (χ3n) is 2.87. The lowest BCUT2D eigenvalue weighted by molar-refractivity contribution is 0.184. The highest BCUT2D eigenvalue weighted by atomic mass is 35.5. The number of fused-ring (bicyclic) bond motifs is 1. The Kier molecular flexibility index (Phi) is 3.22. The standard InChI is InChI=1S/C11H15ClN2O/c1-7(15)5-6-10-8-3-2-4-9(8)11(12)14-13-10/h7,15H,2-6H2,1H3/t7-/m1/s1.